The predicted octanol–water partition coefficient (Wildman–Crippen LogP) is 0.0305. The van der Waals surface area contributed by atoms with Crippen molar-refractivity contribution in [3.05, 3.63) is 0 Å². The molecule has 5 nitrogen and oxygen atoms in total. The molecule has 0 aromatic heterocycles. The fourth-order valence-corrected chi connectivity index (χ4v) is 2.33. The highest BCUT2D eigenvalue weighted by molar-refractivity contribution is 5.76. The maximum absolute atomic E-state index is 11.9. The molecule has 1 aliphatic heterocycles. The molecule has 1 amide bonds. The maximum Gasteiger partial charge on any atom is 0.222 e. The van der Waals surface area contributed by atoms with E-state index in [1.54, 1.807) is 0 Å². The van der Waals surface area contributed by atoms with Crippen LogP contribution in [0, 0.1) is 0 Å². The lowest BCUT2D eigenvalue weighted by atomic mass is 10.1. The van der Waals surface area contributed by atoms with Gasteiger partial charge in [0.25, 0.3) is 0 Å². The van der Waals surface area contributed by atoms with Crippen molar-refractivity contribution in [2.75, 3.05) is 39.3 Å². The first-order chi connectivity index (χ1) is 8.67. The molecule has 0 radical (unpaired) electrons. The van der Waals surface area contributed by atoms with Crippen molar-refractivity contribution in [1.82, 2.24) is 9.80 Å². The summed E-state index contributed by atoms with van der Waals surface area (Å²) in [7, 11) is 0. The molecular weight excluding hydrogens is 230 g/mol. The van der Waals surface area contributed by atoms with Crippen LogP contribution in [0.25, 0.3) is 0 Å². The van der Waals surface area contributed by atoms with Crippen LogP contribution in [0.3, 0.4) is 0 Å². The lowest BCUT2D eigenvalue weighted by molar-refractivity contribution is -0.132. The fraction of sp³-hybridized carbons (Fsp3) is 0.923. The van der Waals surface area contributed by atoms with Crippen LogP contribution in [0.4, 0.5) is 0 Å². The van der Waals surface area contributed by atoms with E-state index in [0.29, 0.717) is 13.0 Å². The van der Waals surface area contributed by atoms with Crippen molar-refractivity contribution < 1.29 is 9.90 Å². The molecule has 0 unspecified atom stereocenters. The highest BCUT2D eigenvalue weighted by Gasteiger charge is 2.19. The maximum atomic E-state index is 11.9. The Morgan fingerprint density at radius 3 is 2.61 bits per heavy atom. The minimum Gasteiger partial charge on any atom is -0.395 e. The van der Waals surface area contributed by atoms with Crippen LogP contribution in [0.2, 0.25) is 0 Å². The zero-order valence-electron chi connectivity index (χ0n) is 11.5. The van der Waals surface area contributed by atoms with Crippen LogP contribution in [0.1, 0.15) is 32.6 Å². The molecule has 0 bridgehead atoms. The molecule has 18 heavy (non-hydrogen) atoms. The van der Waals surface area contributed by atoms with E-state index in [4.69, 9.17) is 10.8 Å². The Labute approximate surface area is 110 Å². The molecule has 106 valence electrons. The average Bonchev–Trinajstić information content (AvgIpc) is 2.38. The number of likely N-dealkylation sites (N-methyl/N-ethyl adjacent to an activating group) is 1. The summed E-state index contributed by atoms with van der Waals surface area (Å²) >= 11 is 0. The van der Waals surface area contributed by atoms with E-state index < -0.39 is 0 Å². The third-order valence-electron chi connectivity index (χ3n) is 3.62. The number of aliphatic hydroxyl groups excluding tert-OH is 1. The van der Waals surface area contributed by atoms with E-state index in [-0.39, 0.29) is 18.6 Å². The molecular formula is C13H27N3O2. The van der Waals surface area contributed by atoms with E-state index >= 15 is 0 Å². The summed E-state index contributed by atoms with van der Waals surface area (Å²) in [5.41, 5.74) is 5.82. The number of piperidine rings is 1. The number of amides is 1. The summed E-state index contributed by atoms with van der Waals surface area (Å²) in [5, 5.41) is 8.88. The molecule has 0 spiro atoms. The van der Waals surface area contributed by atoms with Crippen LogP contribution in [0.15, 0.2) is 0 Å². The van der Waals surface area contributed by atoms with Gasteiger partial charge in [0, 0.05) is 32.1 Å². The Bertz CT molecular complexity index is 240. The van der Waals surface area contributed by atoms with Crippen molar-refractivity contribution in [3.8, 4) is 0 Å². The number of hydrogen-bond acceptors (Lipinski definition) is 4. The van der Waals surface area contributed by atoms with Gasteiger partial charge in [-0.05, 0) is 32.4 Å². The van der Waals surface area contributed by atoms with Gasteiger partial charge in [0.2, 0.25) is 5.91 Å². The third kappa shape index (κ3) is 5.33. The van der Waals surface area contributed by atoms with Gasteiger partial charge in [-0.1, -0.05) is 6.92 Å². The Balaban J connectivity index is 2.16. The molecule has 1 heterocycles. The largest absolute Gasteiger partial charge is 0.395 e. The summed E-state index contributed by atoms with van der Waals surface area (Å²) in [6.45, 7) is 6.39. The molecule has 1 fully saturated rings. The number of hydrogen-bond donors (Lipinski definition) is 2. The lowest BCUT2D eigenvalue weighted by Gasteiger charge is -2.30. The first-order valence-corrected chi connectivity index (χ1v) is 7.04. The van der Waals surface area contributed by atoms with E-state index in [2.05, 4.69) is 11.8 Å². The second-order valence-corrected chi connectivity index (χ2v) is 4.98. The second-order valence-electron chi connectivity index (χ2n) is 4.98. The molecule has 0 aliphatic carbocycles. The van der Waals surface area contributed by atoms with E-state index in [0.717, 1.165) is 45.4 Å². The third-order valence-corrected chi connectivity index (χ3v) is 3.62. The van der Waals surface area contributed by atoms with Crippen LogP contribution >= 0.6 is 0 Å². The number of nitrogens with two attached hydrogens (primary N) is 1. The molecule has 1 saturated heterocycles. The van der Waals surface area contributed by atoms with E-state index in [9.17, 15) is 4.79 Å². The quantitative estimate of drug-likeness (QED) is 0.675. The van der Waals surface area contributed by atoms with E-state index in [1.807, 2.05) is 4.90 Å². The van der Waals surface area contributed by atoms with Gasteiger partial charge >= 0.3 is 0 Å². The van der Waals surface area contributed by atoms with Gasteiger partial charge in [0.05, 0.1) is 6.61 Å². The first kappa shape index (κ1) is 15.4. The molecule has 0 aromatic carbocycles. The Morgan fingerprint density at radius 2 is 2.06 bits per heavy atom. The number of nitrogens with zero attached hydrogens (tertiary/aromatic N) is 2. The molecule has 0 atom stereocenters. The molecule has 1 rings (SSSR count). The van der Waals surface area contributed by atoms with Crippen molar-refractivity contribution in [2.45, 2.75) is 38.6 Å². The van der Waals surface area contributed by atoms with Crippen LogP contribution in [-0.2, 0) is 4.79 Å². The zero-order valence-corrected chi connectivity index (χ0v) is 11.5. The van der Waals surface area contributed by atoms with Crippen molar-refractivity contribution in [1.29, 1.82) is 0 Å². The number of carbonyl (C=O) groups excluding carboxylic acids is 1. The Hall–Kier alpha value is -0.650. The summed E-state index contributed by atoms with van der Waals surface area (Å²) in [6.07, 6.45) is 3.33. The van der Waals surface area contributed by atoms with Gasteiger partial charge in [-0.2, -0.15) is 0 Å². The van der Waals surface area contributed by atoms with E-state index in [1.165, 1.54) is 0 Å². The van der Waals surface area contributed by atoms with Gasteiger partial charge in [0.1, 0.15) is 0 Å². The summed E-state index contributed by atoms with van der Waals surface area (Å²) < 4.78 is 0. The highest BCUT2D eigenvalue weighted by atomic mass is 16.3. The fourth-order valence-electron chi connectivity index (χ4n) is 2.33. The monoisotopic (exact) mass is 257 g/mol. The van der Waals surface area contributed by atoms with Gasteiger partial charge in [0.15, 0.2) is 0 Å². The standard InChI is InChI=1S/C13H27N3O2/c1-2-15(10-11-17)7-3-4-13(18)16-8-5-12(14)6-9-16/h12,17H,2-11,14H2,1H3. The van der Waals surface area contributed by atoms with Crippen molar-refractivity contribution in [2.24, 2.45) is 5.73 Å². The number of aliphatic hydroxyl groups is 1. The molecule has 3 N–H and O–H groups in total. The lowest BCUT2D eigenvalue weighted by Crippen LogP contribution is -2.43. The second kappa shape index (κ2) is 8.45. The molecule has 1 aliphatic rings. The smallest absolute Gasteiger partial charge is 0.222 e. The summed E-state index contributed by atoms with van der Waals surface area (Å²) in [6, 6.07) is 0.272. The van der Waals surface area contributed by atoms with Gasteiger partial charge in [-0.3, -0.25) is 4.79 Å². The molecule has 0 saturated carbocycles. The first-order valence-electron chi connectivity index (χ1n) is 7.04. The van der Waals surface area contributed by atoms with Crippen molar-refractivity contribution in [3.63, 3.8) is 0 Å². The SMILES string of the molecule is CCN(CCO)CCCC(=O)N1CCC(N)CC1. The Kier molecular flexibility index (Phi) is 7.23. The summed E-state index contributed by atoms with van der Waals surface area (Å²) in [5.74, 6) is 0.252. The Morgan fingerprint density at radius 1 is 1.39 bits per heavy atom. The van der Waals surface area contributed by atoms with Gasteiger partial charge in [-0.25, -0.2) is 0 Å². The molecule has 0 aromatic rings. The minimum atomic E-state index is 0.186. The predicted molar refractivity (Wildman–Crippen MR) is 72.2 cm³/mol. The number of rotatable bonds is 7. The van der Waals surface area contributed by atoms with Crippen LogP contribution in [-0.4, -0.2) is 66.2 Å². The normalized spacial score (nSPS) is 17.4. The van der Waals surface area contributed by atoms with Gasteiger partial charge < -0.3 is 20.6 Å². The van der Waals surface area contributed by atoms with Crippen molar-refractivity contribution >= 4 is 5.91 Å². The van der Waals surface area contributed by atoms with Crippen LogP contribution < -0.4 is 5.73 Å². The highest BCUT2D eigenvalue weighted by Crippen LogP contribution is 2.10. The number of likely N-dealkylation sites (tertiary alicyclic amines) is 1. The summed E-state index contributed by atoms with van der Waals surface area (Å²) in [4.78, 5) is 16.1. The average molecular weight is 257 g/mol. The zero-order chi connectivity index (χ0) is 13.4. The number of carbonyl (C=O) groups is 1. The van der Waals surface area contributed by atoms with Crippen LogP contribution in [0.5, 0.6) is 0 Å². The topological polar surface area (TPSA) is 69.8 Å². The minimum absolute atomic E-state index is 0.186. The molecule has 5 heteroatoms. The van der Waals surface area contributed by atoms with Gasteiger partial charge in [-0.15, -0.1) is 0 Å².